The van der Waals surface area contributed by atoms with Crippen LogP contribution in [0.15, 0.2) is 9.32 Å². The van der Waals surface area contributed by atoms with Crippen LogP contribution in [0.1, 0.15) is 18.7 Å². The minimum absolute atomic E-state index is 0.0774. The highest BCUT2D eigenvalue weighted by Crippen LogP contribution is 2.17. The largest absolute Gasteiger partial charge is 0.441 e. The van der Waals surface area contributed by atoms with Crippen molar-refractivity contribution < 1.29 is 14.1 Å². The van der Waals surface area contributed by atoms with Crippen LogP contribution in [0.5, 0.6) is 0 Å². The monoisotopic (exact) mass is 254 g/mol. The van der Waals surface area contributed by atoms with Crippen molar-refractivity contribution in [3.05, 3.63) is 16.4 Å². The summed E-state index contributed by atoms with van der Waals surface area (Å²) in [5.74, 6) is -1.17. The maximum Gasteiger partial charge on any atom is 0.441 e. The maximum atomic E-state index is 12.0. The van der Waals surface area contributed by atoms with E-state index in [0.717, 1.165) is 11.0 Å². The van der Waals surface area contributed by atoms with Crippen LogP contribution >= 0.6 is 0 Å². The highest BCUT2D eigenvalue weighted by Gasteiger charge is 2.33. The molecule has 98 valence electrons. The summed E-state index contributed by atoms with van der Waals surface area (Å²) in [5, 5.41) is 3.51. The molecule has 1 aromatic heterocycles. The Morgan fingerprint density at radius 1 is 1.56 bits per heavy atom. The Balaban J connectivity index is 2.10. The lowest BCUT2D eigenvalue weighted by molar-refractivity contribution is -0.136. The van der Waals surface area contributed by atoms with Crippen molar-refractivity contribution in [2.45, 2.75) is 25.3 Å². The summed E-state index contributed by atoms with van der Waals surface area (Å²) in [6.45, 7) is 0.498. The van der Waals surface area contributed by atoms with Crippen molar-refractivity contribution in [1.29, 1.82) is 0 Å². The highest BCUT2D eigenvalue weighted by atomic mass is 16.5. The summed E-state index contributed by atoms with van der Waals surface area (Å²) in [6.07, 6.45) is 1.25. The Kier molecular flexibility index (Phi) is 3.17. The number of primary amides is 1. The van der Waals surface area contributed by atoms with Crippen molar-refractivity contribution in [3.8, 4) is 0 Å². The lowest BCUT2D eigenvalue weighted by Crippen LogP contribution is -2.44. The molecule has 8 heteroatoms. The van der Waals surface area contributed by atoms with Gasteiger partial charge in [-0.2, -0.15) is 0 Å². The van der Waals surface area contributed by atoms with Gasteiger partial charge >= 0.3 is 5.76 Å². The fraction of sp³-hybridized carbons (Fsp3) is 0.600. The lowest BCUT2D eigenvalue weighted by Gasteiger charge is -2.21. The molecule has 1 atom stereocenters. The molecule has 1 saturated heterocycles. The number of carbonyl (C=O) groups is 2. The highest BCUT2D eigenvalue weighted by molar-refractivity contribution is 5.87. The van der Waals surface area contributed by atoms with E-state index < -0.39 is 17.7 Å². The zero-order valence-electron chi connectivity index (χ0n) is 9.96. The molecule has 2 heterocycles. The van der Waals surface area contributed by atoms with Gasteiger partial charge in [0.05, 0.1) is 6.42 Å². The third-order valence-electron chi connectivity index (χ3n) is 3.10. The summed E-state index contributed by atoms with van der Waals surface area (Å²) >= 11 is 0. The fourth-order valence-electron chi connectivity index (χ4n) is 2.07. The van der Waals surface area contributed by atoms with Gasteiger partial charge in [-0.05, 0) is 12.8 Å². The molecule has 2 rings (SSSR count). The SMILES string of the molecule is Cn1c(CC(=O)N2CCCC2C(N)=O)noc1=O. The van der Waals surface area contributed by atoms with Crippen molar-refractivity contribution in [1.82, 2.24) is 14.6 Å². The summed E-state index contributed by atoms with van der Waals surface area (Å²) in [6, 6.07) is -0.554. The maximum absolute atomic E-state index is 12.0. The predicted molar refractivity (Wildman–Crippen MR) is 59.4 cm³/mol. The van der Waals surface area contributed by atoms with E-state index in [1.54, 1.807) is 0 Å². The van der Waals surface area contributed by atoms with Crippen LogP contribution in [0.3, 0.4) is 0 Å². The van der Waals surface area contributed by atoms with Gasteiger partial charge in [0.15, 0.2) is 5.82 Å². The number of likely N-dealkylation sites (tertiary alicyclic amines) is 1. The van der Waals surface area contributed by atoms with Crippen LogP contribution < -0.4 is 11.5 Å². The van der Waals surface area contributed by atoms with Crippen LogP contribution in [0.4, 0.5) is 0 Å². The third kappa shape index (κ3) is 2.13. The summed E-state index contributed by atoms with van der Waals surface area (Å²) in [4.78, 5) is 35.7. The average Bonchev–Trinajstić information content (AvgIpc) is 2.91. The van der Waals surface area contributed by atoms with Crippen molar-refractivity contribution in [2.24, 2.45) is 12.8 Å². The number of hydrogen-bond acceptors (Lipinski definition) is 5. The normalized spacial score (nSPS) is 19.2. The first-order chi connectivity index (χ1) is 8.50. The Morgan fingerprint density at radius 2 is 2.28 bits per heavy atom. The van der Waals surface area contributed by atoms with E-state index in [1.807, 2.05) is 0 Å². The molecule has 2 N–H and O–H groups in total. The van der Waals surface area contributed by atoms with Crippen LogP contribution in [0.25, 0.3) is 0 Å². The molecule has 0 bridgehead atoms. The van der Waals surface area contributed by atoms with Gasteiger partial charge in [-0.3, -0.25) is 18.7 Å². The van der Waals surface area contributed by atoms with Gasteiger partial charge in [0.1, 0.15) is 6.04 Å². The van der Waals surface area contributed by atoms with Crippen LogP contribution in [-0.4, -0.2) is 39.0 Å². The predicted octanol–water partition coefficient (Wildman–Crippen LogP) is -1.61. The van der Waals surface area contributed by atoms with E-state index in [2.05, 4.69) is 9.68 Å². The molecule has 1 unspecified atom stereocenters. The lowest BCUT2D eigenvalue weighted by atomic mass is 10.2. The number of carbonyl (C=O) groups excluding carboxylic acids is 2. The minimum Gasteiger partial charge on any atom is -0.368 e. The van der Waals surface area contributed by atoms with Crippen molar-refractivity contribution in [3.63, 3.8) is 0 Å². The second-order valence-electron chi connectivity index (χ2n) is 4.25. The number of nitrogens with two attached hydrogens (primary N) is 1. The molecule has 8 nitrogen and oxygen atoms in total. The number of nitrogens with zero attached hydrogens (tertiary/aromatic N) is 3. The second-order valence-corrected chi connectivity index (χ2v) is 4.25. The minimum atomic E-state index is -0.620. The molecule has 1 aromatic rings. The van der Waals surface area contributed by atoms with Gasteiger partial charge in [-0.25, -0.2) is 4.79 Å². The molecule has 0 spiro atoms. The van der Waals surface area contributed by atoms with Gasteiger partial charge in [-0.15, -0.1) is 0 Å². The smallest absolute Gasteiger partial charge is 0.368 e. The summed E-state index contributed by atoms with van der Waals surface area (Å²) in [5.41, 5.74) is 5.23. The molecular formula is C10H14N4O4. The Morgan fingerprint density at radius 3 is 2.83 bits per heavy atom. The first kappa shape index (κ1) is 12.3. The molecule has 2 amide bonds. The van der Waals surface area contributed by atoms with E-state index in [0.29, 0.717) is 13.0 Å². The van der Waals surface area contributed by atoms with Gasteiger partial charge < -0.3 is 10.6 Å². The summed E-state index contributed by atoms with van der Waals surface area (Å²) in [7, 11) is 1.47. The first-order valence-electron chi connectivity index (χ1n) is 5.61. The van der Waals surface area contributed by atoms with Crippen LogP contribution in [0.2, 0.25) is 0 Å². The molecule has 18 heavy (non-hydrogen) atoms. The topological polar surface area (TPSA) is 111 Å². The number of amides is 2. The Labute approximate surface area is 102 Å². The van der Waals surface area contributed by atoms with E-state index in [4.69, 9.17) is 5.73 Å². The zero-order valence-corrected chi connectivity index (χ0v) is 9.96. The second kappa shape index (κ2) is 4.63. The third-order valence-corrected chi connectivity index (χ3v) is 3.10. The van der Waals surface area contributed by atoms with E-state index in [1.165, 1.54) is 11.9 Å². The summed E-state index contributed by atoms with van der Waals surface area (Å²) < 4.78 is 5.59. The quantitative estimate of drug-likeness (QED) is 0.697. The zero-order chi connectivity index (χ0) is 13.3. The van der Waals surface area contributed by atoms with Gasteiger partial charge in [0.25, 0.3) is 0 Å². The number of aromatic nitrogens is 2. The van der Waals surface area contributed by atoms with Gasteiger partial charge in [0.2, 0.25) is 11.8 Å². The van der Waals surface area contributed by atoms with Gasteiger partial charge in [-0.1, -0.05) is 5.16 Å². The Hall–Kier alpha value is -2.12. The molecular weight excluding hydrogens is 240 g/mol. The average molecular weight is 254 g/mol. The van der Waals surface area contributed by atoms with E-state index in [-0.39, 0.29) is 18.2 Å². The Bertz CT molecular complexity index is 532. The number of hydrogen-bond donors (Lipinski definition) is 1. The molecule has 1 fully saturated rings. The van der Waals surface area contributed by atoms with Gasteiger partial charge in [0, 0.05) is 13.6 Å². The number of rotatable bonds is 3. The molecule has 1 aliphatic heterocycles. The molecule has 0 aliphatic carbocycles. The molecule has 0 radical (unpaired) electrons. The van der Waals surface area contributed by atoms with E-state index in [9.17, 15) is 14.4 Å². The molecule has 1 aliphatic rings. The first-order valence-corrected chi connectivity index (χ1v) is 5.61. The van der Waals surface area contributed by atoms with Crippen molar-refractivity contribution >= 4 is 11.8 Å². The standard InChI is InChI=1S/C10H14N4O4/c1-13-7(12-18-10(13)17)5-8(15)14-4-2-3-6(14)9(11)16/h6H,2-5H2,1H3,(H2,11,16). The fourth-order valence-corrected chi connectivity index (χ4v) is 2.07. The van der Waals surface area contributed by atoms with Crippen LogP contribution in [-0.2, 0) is 23.1 Å². The molecule has 0 saturated carbocycles. The van der Waals surface area contributed by atoms with Crippen LogP contribution in [0, 0.1) is 0 Å². The van der Waals surface area contributed by atoms with Crippen molar-refractivity contribution in [2.75, 3.05) is 6.54 Å². The van der Waals surface area contributed by atoms with E-state index >= 15 is 0 Å². The molecule has 0 aromatic carbocycles.